The van der Waals surface area contributed by atoms with E-state index in [-0.39, 0.29) is 43.6 Å². The minimum atomic E-state index is -0.545. The summed E-state index contributed by atoms with van der Waals surface area (Å²) in [5.74, 6) is -0.484. The number of nitrogens with zero attached hydrogens (tertiary/aromatic N) is 4. The van der Waals surface area contributed by atoms with Crippen LogP contribution in [0.5, 0.6) is 11.5 Å². The van der Waals surface area contributed by atoms with Crippen LogP contribution in [-0.4, -0.2) is 20.1 Å². The molecule has 0 fully saturated rings. The van der Waals surface area contributed by atoms with E-state index in [2.05, 4.69) is 15.2 Å². The molecule has 2 rings (SSSR count). The van der Waals surface area contributed by atoms with E-state index < -0.39 is 4.92 Å². The first-order valence-electron chi connectivity index (χ1n) is 5.98. The lowest BCUT2D eigenvalue weighted by molar-refractivity contribution is -0.380. The number of halogens is 1. The molecule has 0 aliphatic rings. The maximum atomic E-state index is 10.8. The molecule has 2 aromatic rings. The Bertz CT molecular complexity index is 774. The summed E-state index contributed by atoms with van der Waals surface area (Å²) in [6, 6.07) is 0. The zero-order valence-electron chi connectivity index (χ0n) is 11.8. The summed E-state index contributed by atoms with van der Waals surface area (Å²) >= 11 is 6.72. The highest BCUT2D eigenvalue weighted by Crippen LogP contribution is 2.45. The highest BCUT2D eigenvalue weighted by molar-refractivity contribution is 7.18. The van der Waals surface area contributed by atoms with Gasteiger partial charge in [0.15, 0.2) is 0 Å². The van der Waals surface area contributed by atoms with Crippen LogP contribution in [-0.2, 0) is 0 Å². The lowest BCUT2D eigenvalue weighted by Crippen LogP contribution is -1.85. The predicted octanol–water partition coefficient (Wildman–Crippen LogP) is 4.46. The van der Waals surface area contributed by atoms with Crippen molar-refractivity contribution in [2.75, 3.05) is 0 Å². The van der Waals surface area contributed by atoms with Crippen LogP contribution in [0.3, 0.4) is 0 Å². The molecule has 10 heteroatoms. The van der Waals surface area contributed by atoms with Gasteiger partial charge >= 0.3 is 5.00 Å². The highest BCUT2D eigenvalue weighted by Gasteiger charge is 2.19. The molecular weight excluding hydrogens is 332 g/mol. The van der Waals surface area contributed by atoms with Gasteiger partial charge in [0.1, 0.15) is 22.9 Å². The van der Waals surface area contributed by atoms with E-state index in [0.29, 0.717) is 5.56 Å². The van der Waals surface area contributed by atoms with Crippen molar-refractivity contribution in [2.45, 2.75) is 20.8 Å². The highest BCUT2D eigenvalue weighted by atomic mass is 35.5. The third kappa shape index (κ3) is 2.72. The van der Waals surface area contributed by atoms with Gasteiger partial charge in [-0.1, -0.05) is 11.6 Å². The van der Waals surface area contributed by atoms with Crippen LogP contribution in [0.1, 0.15) is 16.8 Å². The third-order valence-corrected chi connectivity index (χ3v) is 4.45. The fourth-order valence-corrected chi connectivity index (χ4v) is 2.65. The minimum Gasteiger partial charge on any atom is -0.506 e. The zero-order valence-corrected chi connectivity index (χ0v) is 13.4. The Morgan fingerprint density at radius 3 is 2.36 bits per heavy atom. The van der Waals surface area contributed by atoms with Gasteiger partial charge in [0.05, 0.1) is 9.95 Å². The molecule has 22 heavy (non-hydrogen) atoms. The van der Waals surface area contributed by atoms with Gasteiger partial charge in [-0.25, -0.2) is 4.98 Å². The first-order chi connectivity index (χ1) is 10.2. The summed E-state index contributed by atoms with van der Waals surface area (Å²) in [7, 11) is 0. The summed E-state index contributed by atoms with van der Waals surface area (Å²) in [5.41, 5.74) is 0.834. The molecule has 2 N–H and O–H groups in total. The summed E-state index contributed by atoms with van der Waals surface area (Å²) < 4.78 is 0. The summed E-state index contributed by atoms with van der Waals surface area (Å²) in [6.45, 7) is 4.54. The molecule has 0 saturated carbocycles. The number of rotatable bonds is 3. The van der Waals surface area contributed by atoms with Gasteiger partial charge in [-0.15, -0.1) is 10.2 Å². The molecule has 0 atom stereocenters. The van der Waals surface area contributed by atoms with Gasteiger partial charge in [0.25, 0.3) is 0 Å². The Kier molecular flexibility index (Phi) is 4.29. The number of azo groups is 1. The van der Waals surface area contributed by atoms with Crippen molar-refractivity contribution in [3.8, 4) is 11.5 Å². The molecule has 1 aromatic heterocycles. The Morgan fingerprint density at radius 2 is 1.82 bits per heavy atom. The standard InChI is InChI=1S/C12H11ClN4O4S/c1-4-7(13)9(18)5(2)10(19)8(4)15-16-12-14-6(3)11(22-12)17(20)21/h18-19H,1-3H3/b16-15+. The van der Waals surface area contributed by atoms with Gasteiger partial charge in [0, 0.05) is 11.1 Å². The molecule has 0 unspecified atom stereocenters. The number of thiazole rings is 1. The molecule has 0 spiro atoms. The average Bonchev–Trinajstić information content (AvgIpc) is 2.84. The van der Waals surface area contributed by atoms with Gasteiger partial charge < -0.3 is 10.2 Å². The van der Waals surface area contributed by atoms with Crippen molar-refractivity contribution >= 4 is 38.8 Å². The second kappa shape index (κ2) is 5.85. The molecule has 0 aliphatic carbocycles. The number of aromatic nitrogens is 1. The number of hydrogen-bond donors (Lipinski definition) is 2. The van der Waals surface area contributed by atoms with Crippen molar-refractivity contribution in [1.82, 2.24) is 4.98 Å². The Morgan fingerprint density at radius 1 is 1.18 bits per heavy atom. The molecule has 1 aromatic carbocycles. The first kappa shape index (κ1) is 16.1. The van der Waals surface area contributed by atoms with Crippen LogP contribution >= 0.6 is 22.9 Å². The van der Waals surface area contributed by atoms with Crippen molar-refractivity contribution in [1.29, 1.82) is 0 Å². The Balaban J connectivity index is 2.47. The fourth-order valence-electron chi connectivity index (χ4n) is 1.72. The van der Waals surface area contributed by atoms with Crippen LogP contribution < -0.4 is 0 Å². The van der Waals surface area contributed by atoms with E-state index in [0.717, 1.165) is 11.3 Å². The van der Waals surface area contributed by atoms with Crippen LogP contribution in [0.15, 0.2) is 10.2 Å². The number of phenolic OH excluding ortho intramolecular Hbond substituents is 2. The molecule has 1 heterocycles. The van der Waals surface area contributed by atoms with Gasteiger partial charge in [-0.2, -0.15) is 0 Å². The molecule has 0 aliphatic heterocycles. The van der Waals surface area contributed by atoms with E-state index in [1.807, 2.05) is 0 Å². The predicted molar refractivity (Wildman–Crippen MR) is 81.9 cm³/mol. The van der Waals surface area contributed by atoms with E-state index in [9.17, 15) is 20.3 Å². The van der Waals surface area contributed by atoms with Crippen LogP contribution in [0, 0.1) is 30.9 Å². The second-order valence-corrected chi connectivity index (χ2v) is 5.79. The quantitative estimate of drug-likeness (QED) is 0.484. The largest absolute Gasteiger partial charge is 0.506 e. The Labute approximate surface area is 133 Å². The van der Waals surface area contributed by atoms with Crippen molar-refractivity contribution in [2.24, 2.45) is 10.2 Å². The second-order valence-electron chi connectivity index (χ2n) is 4.45. The van der Waals surface area contributed by atoms with E-state index in [1.165, 1.54) is 13.8 Å². The Hall–Kier alpha value is -2.26. The number of aromatic hydroxyl groups is 2. The molecule has 116 valence electrons. The number of benzene rings is 1. The van der Waals surface area contributed by atoms with Crippen LogP contribution in [0.4, 0.5) is 15.8 Å². The molecule has 0 amide bonds. The van der Waals surface area contributed by atoms with Crippen molar-refractivity contribution < 1.29 is 15.1 Å². The molecule has 0 radical (unpaired) electrons. The first-order valence-corrected chi connectivity index (χ1v) is 7.17. The van der Waals surface area contributed by atoms with Crippen LogP contribution in [0.2, 0.25) is 5.02 Å². The van der Waals surface area contributed by atoms with E-state index >= 15 is 0 Å². The number of hydrogen-bond acceptors (Lipinski definition) is 8. The third-order valence-electron chi connectivity index (χ3n) is 2.99. The smallest absolute Gasteiger partial charge is 0.348 e. The van der Waals surface area contributed by atoms with Gasteiger partial charge in [-0.3, -0.25) is 10.1 Å². The monoisotopic (exact) mass is 342 g/mol. The topological polar surface area (TPSA) is 121 Å². The van der Waals surface area contributed by atoms with Crippen molar-refractivity contribution in [3.63, 3.8) is 0 Å². The van der Waals surface area contributed by atoms with Crippen molar-refractivity contribution in [3.05, 3.63) is 32.0 Å². The maximum Gasteiger partial charge on any atom is 0.348 e. The molecular formula is C12H11ClN4O4S. The minimum absolute atomic E-state index is 0.0607. The summed E-state index contributed by atoms with van der Waals surface area (Å²) in [4.78, 5) is 14.1. The van der Waals surface area contributed by atoms with Gasteiger partial charge in [0.2, 0.25) is 5.13 Å². The normalized spacial score (nSPS) is 11.3. The van der Waals surface area contributed by atoms with Gasteiger partial charge in [-0.05, 0) is 32.1 Å². The van der Waals surface area contributed by atoms with E-state index in [1.54, 1.807) is 6.92 Å². The molecule has 0 saturated heterocycles. The number of phenols is 2. The lowest BCUT2D eigenvalue weighted by atomic mass is 10.1. The zero-order chi connectivity index (χ0) is 16.6. The molecule has 8 nitrogen and oxygen atoms in total. The maximum absolute atomic E-state index is 10.8. The fraction of sp³-hybridized carbons (Fsp3) is 0.250. The summed E-state index contributed by atoms with van der Waals surface area (Å²) in [5, 5.41) is 38.2. The SMILES string of the molecule is Cc1nc(/N=N/c2c(C)c(Cl)c(O)c(C)c2O)sc1[N+](=O)[O-]. The van der Waals surface area contributed by atoms with E-state index in [4.69, 9.17) is 11.6 Å². The summed E-state index contributed by atoms with van der Waals surface area (Å²) in [6.07, 6.45) is 0. The molecule has 0 bridgehead atoms. The lowest BCUT2D eigenvalue weighted by Gasteiger charge is -2.10. The number of aryl methyl sites for hydroxylation is 1. The number of nitro groups is 1. The average molecular weight is 343 g/mol. The van der Waals surface area contributed by atoms with Crippen LogP contribution in [0.25, 0.3) is 0 Å².